The lowest BCUT2D eigenvalue weighted by molar-refractivity contribution is 0.543. The molecule has 20 heavy (non-hydrogen) atoms. The van der Waals surface area contributed by atoms with Gasteiger partial charge in [-0.05, 0) is 10.4 Å². The normalized spacial score (nSPS) is 12.2. The summed E-state index contributed by atoms with van der Waals surface area (Å²) < 4.78 is 3.28. The molecule has 0 aliphatic rings. The van der Waals surface area contributed by atoms with Crippen LogP contribution in [0.5, 0.6) is 0 Å². The molecular formula is C11H15N9. The molecule has 3 rings (SSSR count). The summed E-state index contributed by atoms with van der Waals surface area (Å²) in [5.41, 5.74) is 1.22. The van der Waals surface area contributed by atoms with Crippen molar-refractivity contribution in [3.63, 3.8) is 0 Å². The van der Waals surface area contributed by atoms with Crippen molar-refractivity contribution in [1.29, 1.82) is 0 Å². The highest BCUT2D eigenvalue weighted by Gasteiger charge is 2.19. The summed E-state index contributed by atoms with van der Waals surface area (Å²) in [7, 11) is 1.78. The molecular weight excluding hydrogens is 258 g/mol. The van der Waals surface area contributed by atoms with Gasteiger partial charge in [-0.15, -0.1) is 10.2 Å². The van der Waals surface area contributed by atoms with Gasteiger partial charge in [0, 0.05) is 12.5 Å². The van der Waals surface area contributed by atoms with Crippen LogP contribution in [0.15, 0.2) is 6.20 Å². The second kappa shape index (κ2) is 4.29. The highest BCUT2D eigenvalue weighted by molar-refractivity contribution is 5.68. The van der Waals surface area contributed by atoms with E-state index in [1.807, 2.05) is 0 Å². The lowest BCUT2D eigenvalue weighted by Crippen LogP contribution is -2.16. The number of fused-ring (bicyclic) bond motifs is 1. The van der Waals surface area contributed by atoms with Crippen molar-refractivity contribution in [1.82, 2.24) is 45.2 Å². The van der Waals surface area contributed by atoms with Gasteiger partial charge in [0.2, 0.25) is 0 Å². The number of hydrogen-bond donors (Lipinski definition) is 0. The van der Waals surface area contributed by atoms with E-state index >= 15 is 0 Å². The number of aryl methyl sites for hydroxylation is 1. The Hall–Kier alpha value is -2.45. The standard InChI is InChI=1S/C11H15N9/c1-11(2,3)10-12-5-7-9(13-10)20(17-14-7)6-8-15-16-18-19(8)4/h5H,6H2,1-4H3. The summed E-state index contributed by atoms with van der Waals surface area (Å²) in [6.45, 7) is 6.61. The number of hydrogen-bond acceptors (Lipinski definition) is 7. The predicted octanol–water partition coefficient (Wildman–Crippen LogP) is 0.0906. The van der Waals surface area contributed by atoms with E-state index in [4.69, 9.17) is 0 Å². The third-order valence-electron chi connectivity index (χ3n) is 2.92. The average Bonchev–Trinajstić information content (AvgIpc) is 2.96. The van der Waals surface area contributed by atoms with Gasteiger partial charge in [-0.25, -0.2) is 19.3 Å². The zero-order chi connectivity index (χ0) is 14.3. The molecule has 0 N–H and O–H groups in total. The van der Waals surface area contributed by atoms with Crippen LogP contribution in [0.1, 0.15) is 32.4 Å². The lowest BCUT2D eigenvalue weighted by Gasteiger charge is -2.15. The van der Waals surface area contributed by atoms with Crippen LogP contribution in [0.3, 0.4) is 0 Å². The summed E-state index contributed by atoms with van der Waals surface area (Å²) in [6, 6.07) is 0. The predicted molar refractivity (Wildman–Crippen MR) is 69.7 cm³/mol. The SMILES string of the molecule is Cn1nnnc1Cn1nnc2cnc(C(C)(C)C)nc21. The third kappa shape index (κ3) is 2.10. The molecule has 0 saturated heterocycles. The van der Waals surface area contributed by atoms with E-state index in [1.165, 1.54) is 0 Å². The molecule has 0 bridgehead atoms. The summed E-state index contributed by atoms with van der Waals surface area (Å²) >= 11 is 0. The fraction of sp³-hybridized carbons (Fsp3) is 0.545. The zero-order valence-corrected chi connectivity index (χ0v) is 11.8. The summed E-state index contributed by atoms with van der Waals surface area (Å²) in [4.78, 5) is 8.90. The second-order valence-electron chi connectivity index (χ2n) is 5.62. The van der Waals surface area contributed by atoms with E-state index in [1.54, 1.807) is 22.6 Å². The van der Waals surface area contributed by atoms with Gasteiger partial charge in [-0.1, -0.05) is 26.0 Å². The van der Waals surface area contributed by atoms with Crippen LogP contribution in [0.4, 0.5) is 0 Å². The van der Waals surface area contributed by atoms with Gasteiger partial charge >= 0.3 is 0 Å². The summed E-state index contributed by atoms with van der Waals surface area (Å²) in [5, 5.41) is 19.5. The molecule has 0 radical (unpaired) electrons. The van der Waals surface area contributed by atoms with E-state index in [0.29, 0.717) is 23.5 Å². The van der Waals surface area contributed by atoms with Crippen molar-refractivity contribution in [2.24, 2.45) is 7.05 Å². The highest BCUT2D eigenvalue weighted by Crippen LogP contribution is 2.19. The van der Waals surface area contributed by atoms with Crippen molar-refractivity contribution in [2.75, 3.05) is 0 Å². The molecule has 0 unspecified atom stereocenters. The van der Waals surface area contributed by atoms with Crippen LogP contribution in [0, 0.1) is 0 Å². The third-order valence-corrected chi connectivity index (χ3v) is 2.92. The van der Waals surface area contributed by atoms with Gasteiger partial charge in [0.25, 0.3) is 0 Å². The Kier molecular flexibility index (Phi) is 2.70. The quantitative estimate of drug-likeness (QED) is 0.652. The monoisotopic (exact) mass is 273 g/mol. The topological polar surface area (TPSA) is 100 Å². The van der Waals surface area contributed by atoms with Gasteiger partial charge in [-0.3, -0.25) is 0 Å². The Balaban J connectivity index is 2.05. The van der Waals surface area contributed by atoms with E-state index in [-0.39, 0.29) is 5.41 Å². The minimum atomic E-state index is -0.129. The van der Waals surface area contributed by atoms with Crippen LogP contribution in [0.25, 0.3) is 11.2 Å². The molecule has 0 aliphatic heterocycles. The van der Waals surface area contributed by atoms with Gasteiger partial charge < -0.3 is 0 Å². The van der Waals surface area contributed by atoms with E-state index in [0.717, 1.165) is 5.82 Å². The van der Waals surface area contributed by atoms with E-state index < -0.39 is 0 Å². The summed E-state index contributed by atoms with van der Waals surface area (Å²) in [5.74, 6) is 1.44. The smallest absolute Gasteiger partial charge is 0.182 e. The highest BCUT2D eigenvalue weighted by atomic mass is 15.5. The van der Waals surface area contributed by atoms with Crippen molar-refractivity contribution >= 4 is 11.2 Å². The molecule has 0 fully saturated rings. The molecule has 0 aromatic carbocycles. The van der Waals surface area contributed by atoms with Crippen molar-refractivity contribution in [3.05, 3.63) is 17.8 Å². The van der Waals surface area contributed by atoms with Crippen molar-refractivity contribution in [3.8, 4) is 0 Å². The zero-order valence-electron chi connectivity index (χ0n) is 11.8. The number of tetrazole rings is 1. The fourth-order valence-electron chi connectivity index (χ4n) is 1.76. The van der Waals surface area contributed by atoms with Crippen LogP contribution in [0.2, 0.25) is 0 Å². The number of aromatic nitrogens is 9. The van der Waals surface area contributed by atoms with Crippen molar-refractivity contribution in [2.45, 2.75) is 32.7 Å². The van der Waals surface area contributed by atoms with E-state index in [2.05, 4.69) is 56.6 Å². The Morgan fingerprint density at radius 1 is 1.15 bits per heavy atom. The molecule has 9 heteroatoms. The molecule has 0 amide bonds. The molecule has 104 valence electrons. The minimum absolute atomic E-state index is 0.129. The molecule has 3 aromatic heterocycles. The molecule has 9 nitrogen and oxygen atoms in total. The largest absolute Gasteiger partial charge is 0.238 e. The molecule has 0 saturated carbocycles. The van der Waals surface area contributed by atoms with Gasteiger partial charge in [0.1, 0.15) is 12.4 Å². The Labute approximate surface area is 115 Å². The van der Waals surface area contributed by atoms with Gasteiger partial charge in [-0.2, -0.15) is 0 Å². The first-order chi connectivity index (χ1) is 9.45. The van der Waals surface area contributed by atoms with Crippen LogP contribution in [-0.4, -0.2) is 45.2 Å². The first-order valence-electron chi connectivity index (χ1n) is 6.23. The second-order valence-corrected chi connectivity index (χ2v) is 5.62. The van der Waals surface area contributed by atoms with Gasteiger partial charge in [0.15, 0.2) is 17.0 Å². The number of rotatable bonds is 2. The Morgan fingerprint density at radius 3 is 2.60 bits per heavy atom. The molecule has 0 aliphatic carbocycles. The first kappa shape index (κ1) is 12.6. The molecule has 3 heterocycles. The van der Waals surface area contributed by atoms with Crippen LogP contribution >= 0.6 is 0 Å². The molecule has 0 spiro atoms. The van der Waals surface area contributed by atoms with Gasteiger partial charge in [0.05, 0.1) is 6.20 Å². The first-order valence-corrected chi connectivity index (χ1v) is 6.23. The summed E-state index contributed by atoms with van der Waals surface area (Å²) in [6.07, 6.45) is 1.70. The fourth-order valence-corrected chi connectivity index (χ4v) is 1.76. The number of nitrogens with zero attached hydrogens (tertiary/aromatic N) is 9. The average molecular weight is 273 g/mol. The van der Waals surface area contributed by atoms with Crippen LogP contribution < -0.4 is 0 Å². The van der Waals surface area contributed by atoms with Crippen molar-refractivity contribution < 1.29 is 0 Å². The molecule has 0 atom stereocenters. The Bertz CT molecular complexity index is 749. The maximum Gasteiger partial charge on any atom is 0.182 e. The molecule has 3 aromatic rings. The lowest BCUT2D eigenvalue weighted by atomic mass is 9.96. The Morgan fingerprint density at radius 2 is 1.95 bits per heavy atom. The maximum absolute atomic E-state index is 4.57. The minimum Gasteiger partial charge on any atom is -0.238 e. The van der Waals surface area contributed by atoms with Crippen LogP contribution in [-0.2, 0) is 19.0 Å². The van der Waals surface area contributed by atoms with E-state index in [9.17, 15) is 0 Å². The maximum atomic E-state index is 4.57.